The summed E-state index contributed by atoms with van der Waals surface area (Å²) in [5, 5.41) is 4.32. The lowest BCUT2D eigenvalue weighted by Gasteiger charge is -2.24. The minimum absolute atomic E-state index is 0.451. The van der Waals surface area contributed by atoms with Gasteiger partial charge in [-0.1, -0.05) is 0 Å². The van der Waals surface area contributed by atoms with E-state index in [1.54, 1.807) is 13.3 Å². The summed E-state index contributed by atoms with van der Waals surface area (Å²) in [6, 6.07) is 9.77. The van der Waals surface area contributed by atoms with Crippen LogP contribution in [0.1, 0.15) is 0 Å². The van der Waals surface area contributed by atoms with Crippen molar-refractivity contribution in [1.82, 2.24) is 24.4 Å². The van der Waals surface area contributed by atoms with Crippen LogP contribution in [-0.4, -0.2) is 65.8 Å². The summed E-state index contributed by atoms with van der Waals surface area (Å²) < 4.78 is 7.62. The number of nitrogens with zero attached hydrogens (tertiary/aromatic N) is 6. The maximum Gasteiger partial charge on any atom is 0.227 e. The molecule has 0 radical (unpaired) electrons. The van der Waals surface area contributed by atoms with Gasteiger partial charge < -0.3 is 30.2 Å². The number of anilines is 4. The van der Waals surface area contributed by atoms with Gasteiger partial charge in [-0.3, -0.25) is 0 Å². The van der Waals surface area contributed by atoms with E-state index in [4.69, 9.17) is 10.5 Å². The number of aromatic nitrogens is 4. The molecule has 0 bridgehead atoms. The zero-order valence-corrected chi connectivity index (χ0v) is 19.7. The summed E-state index contributed by atoms with van der Waals surface area (Å²) in [6.07, 6.45) is 5.54. The molecular formula is C24H30N8O. The Bertz CT molecular complexity index is 1270. The topological polar surface area (TPSA) is 97.4 Å². The molecule has 9 nitrogen and oxygen atoms in total. The van der Waals surface area contributed by atoms with Crippen LogP contribution < -0.4 is 20.7 Å². The Labute approximate surface area is 193 Å². The molecule has 0 unspecified atom stereocenters. The van der Waals surface area contributed by atoms with Gasteiger partial charge in [0.2, 0.25) is 5.95 Å². The highest BCUT2D eigenvalue weighted by Crippen LogP contribution is 2.36. The van der Waals surface area contributed by atoms with Gasteiger partial charge in [0, 0.05) is 62.8 Å². The number of rotatable bonds is 8. The van der Waals surface area contributed by atoms with Crippen LogP contribution >= 0.6 is 0 Å². The summed E-state index contributed by atoms with van der Waals surface area (Å²) >= 11 is 0. The number of ether oxygens (including phenoxy) is 1. The first-order valence-electron chi connectivity index (χ1n) is 10.7. The van der Waals surface area contributed by atoms with E-state index in [9.17, 15) is 0 Å². The summed E-state index contributed by atoms with van der Waals surface area (Å²) in [5.41, 5.74) is 11.3. The van der Waals surface area contributed by atoms with Gasteiger partial charge in [-0.2, -0.15) is 0 Å². The molecule has 4 aromatic rings. The van der Waals surface area contributed by atoms with Crippen LogP contribution in [-0.2, 0) is 7.05 Å². The van der Waals surface area contributed by atoms with E-state index in [1.807, 2.05) is 69.4 Å². The van der Waals surface area contributed by atoms with E-state index < -0.39 is 0 Å². The zero-order chi connectivity index (χ0) is 23.5. The van der Waals surface area contributed by atoms with Crippen LogP contribution in [0.5, 0.6) is 5.75 Å². The number of benzene rings is 1. The third-order valence-electron chi connectivity index (χ3n) is 5.55. The number of fused-ring (bicyclic) bond motifs is 1. The molecule has 0 fully saturated rings. The van der Waals surface area contributed by atoms with Crippen molar-refractivity contribution in [2.24, 2.45) is 7.05 Å². The van der Waals surface area contributed by atoms with E-state index in [-0.39, 0.29) is 0 Å². The summed E-state index contributed by atoms with van der Waals surface area (Å²) in [7, 11) is 9.73. The highest BCUT2D eigenvalue weighted by Gasteiger charge is 2.14. The molecule has 0 amide bonds. The van der Waals surface area contributed by atoms with E-state index in [0.717, 1.165) is 41.1 Å². The molecule has 3 aromatic heterocycles. The van der Waals surface area contributed by atoms with Gasteiger partial charge in [-0.25, -0.2) is 15.0 Å². The standard InChI is InChI=1S/C24H30N8O/c1-30(2)10-11-31(3)21-14-22(33-5)20(13-18(21)25)29-24-26-8-6-19(28-24)17-12-16-7-9-32(4)23(16)27-15-17/h6-9,12-15H,10-11,25H2,1-5H3,(H,26,28,29). The van der Waals surface area contributed by atoms with Crippen molar-refractivity contribution in [2.45, 2.75) is 0 Å². The normalized spacial score (nSPS) is 11.2. The van der Waals surface area contributed by atoms with Gasteiger partial charge in [0.05, 0.1) is 29.9 Å². The Kier molecular flexibility index (Phi) is 6.32. The molecule has 33 heavy (non-hydrogen) atoms. The van der Waals surface area contributed by atoms with Crippen molar-refractivity contribution < 1.29 is 4.74 Å². The van der Waals surface area contributed by atoms with Gasteiger partial charge >= 0.3 is 0 Å². The average molecular weight is 447 g/mol. The molecule has 0 aliphatic carbocycles. The third kappa shape index (κ3) is 4.83. The SMILES string of the molecule is COc1cc(N(C)CCN(C)C)c(N)cc1Nc1nccc(-c2cnc3c(ccn3C)c2)n1. The van der Waals surface area contributed by atoms with Crippen molar-refractivity contribution in [3.8, 4) is 17.0 Å². The smallest absolute Gasteiger partial charge is 0.227 e. The average Bonchev–Trinajstić information content (AvgIpc) is 3.18. The van der Waals surface area contributed by atoms with Crippen molar-refractivity contribution in [1.29, 1.82) is 0 Å². The predicted molar refractivity (Wildman–Crippen MR) is 134 cm³/mol. The fourth-order valence-corrected chi connectivity index (χ4v) is 3.65. The molecule has 0 aliphatic heterocycles. The number of aryl methyl sites for hydroxylation is 1. The number of likely N-dealkylation sites (N-methyl/N-ethyl adjacent to an activating group) is 2. The summed E-state index contributed by atoms with van der Waals surface area (Å²) in [4.78, 5) is 17.9. The van der Waals surface area contributed by atoms with Crippen LogP contribution in [0.25, 0.3) is 22.3 Å². The number of nitrogens with one attached hydrogen (secondary N) is 1. The number of hydrogen-bond donors (Lipinski definition) is 2. The highest BCUT2D eigenvalue weighted by molar-refractivity contribution is 5.82. The molecule has 1 aromatic carbocycles. The number of nitrogens with two attached hydrogens (primary N) is 1. The monoisotopic (exact) mass is 446 g/mol. The van der Waals surface area contributed by atoms with Gasteiger partial charge in [-0.15, -0.1) is 0 Å². The van der Waals surface area contributed by atoms with Crippen LogP contribution in [0.2, 0.25) is 0 Å². The molecule has 0 atom stereocenters. The predicted octanol–water partition coefficient (Wildman–Crippen LogP) is 3.36. The maximum absolute atomic E-state index is 6.38. The van der Waals surface area contributed by atoms with E-state index in [2.05, 4.69) is 36.1 Å². The molecule has 172 valence electrons. The van der Waals surface area contributed by atoms with Crippen LogP contribution in [0.3, 0.4) is 0 Å². The molecule has 3 heterocycles. The Balaban J connectivity index is 1.60. The first kappa shape index (κ1) is 22.3. The van der Waals surface area contributed by atoms with E-state index >= 15 is 0 Å². The maximum atomic E-state index is 6.38. The molecule has 0 saturated heterocycles. The van der Waals surface area contributed by atoms with Crippen LogP contribution in [0, 0.1) is 0 Å². The third-order valence-corrected chi connectivity index (χ3v) is 5.55. The van der Waals surface area contributed by atoms with Crippen molar-refractivity contribution in [3.05, 3.63) is 48.9 Å². The van der Waals surface area contributed by atoms with Crippen molar-refractivity contribution >= 4 is 34.0 Å². The number of pyridine rings is 1. The number of methoxy groups -OCH3 is 1. The van der Waals surface area contributed by atoms with Gasteiger partial charge in [0.25, 0.3) is 0 Å². The first-order valence-corrected chi connectivity index (χ1v) is 10.7. The van der Waals surface area contributed by atoms with Gasteiger partial charge in [0.1, 0.15) is 11.4 Å². The minimum Gasteiger partial charge on any atom is -0.494 e. The highest BCUT2D eigenvalue weighted by atomic mass is 16.5. The second-order valence-corrected chi connectivity index (χ2v) is 8.29. The van der Waals surface area contributed by atoms with Crippen LogP contribution in [0.4, 0.5) is 23.0 Å². The van der Waals surface area contributed by atoms with Crippen molar-refractivity contribution in [2.75, 3.05) is 57.3 Å². The quantitative estimate of drug-likeness (QED) is 0.398. The fraction of sp³-hybridized carbons (Fsp3) is 0.292. The molecule has 4 rings (SSSR count). The van der Waals surface area contributed by atoms with Gasteiger partial charge in [-0.05, 0) is 38.4 Å². The lowest BCUT2D eigenvalue weighted by molar-refractivity contribution is 0.413. The largest absolute Gasteiger partial charge is 0.494 e. The zero-order valence-electron chi connectivity index (χ0n) is 19.7. The molecular weight excluding hydrogens is 416 g/mol. The minimum atomic E-state index is 0.451. The summed E-state index contributed by atoms with van der Waals surface area (Å²) in [6.45, 7) is 1.76. The second kappa shape index (κ2) is 9.33. The lowest BCUT2D eigenvalue weighted by Crippen LogP contribution is -2.29. The molecule has 3 N–H and O–H groups in total. The first-order chi connectivity index (χ1) is 15.9. The van der Waals surface area contributed by atoms with E-state index in [0.29, 0.717) is 23.1 Å². The molecule has 0 saturated carbocycles. The Morgan fingerprint density at radius 2 is 1.91 bits per heavy atom. The van der Waals surface area contributed by atoms with Crippen molar-refractivity contribution in [3.63, 3.8) is 0 Å². The Morgan fingerprint density at radius 3 is 2.67 bits per heavy atom. The van der Waals surface area contributed by atoms with Crippen LogP contribution in [0.15, 0.2) is 48.9 Å². The second-order valence-electron chi connectivity index (χ2n) is 8.29. The summed E-state index contributed by atoms with van der Waals surface area (Å²) in [5.74, 6) is 1.12. The number of nitrogen functional groups attached to an aromatic ring is 1. The number of hydrogen-bond acceptors (Lipinski definition) is 8. The Hall–Kier alpha value is -3.85. The molecule has 0 aliphatic rings. The molecule has 9 heteroatoms. The molecule has 0 spiro atoms. The van der Waals surface area contributed by atoms with E-state index in [1.165, 1.54) is 0 Å². The van der Waals surface area contributed by atoms with Gasteiger partial charge in [0.15, 0.2) is 0 Å². The fourth-order valence-electron chi connectivity index (χ4n) is 3.65. The lowest BCUT2D eigenvalue weighted by atomic mass is 10.2. The Morgan fingerprint density at radius 1 is 1.09 bits per heavy atom.